The second kappa shape index (κ2) is 6.89. The zero-order valence-electron chi connectivity index (χ0n) is 14.6. The predicted octanol–water partition coefficient (Wildman–Crippen LogP) is 3.49. The number of hydrogen-bond donors (Lipinski definition) is 1. The average Bonchev–Trinajstić information content (AvgIpc) is 3.19. The molecular weight excluding hydrogens is 352 g/mol. The summed E-state index contributed by atoms with van der Waals surface area (Å²) in [6.07, 6.45) is 1.28. The number of para-hydroxylation sites is 1. The van der Waals surface area contributed by atoms with Gasteiger partial charge in [0.15, 0.2) is 0 Å². The molecule has 1 amide bonds. The molecule has 6 heteroatoms. The first-order valence-corrected chi connectivity index (χ1v) is 10.7. The van der Waals surface area contributed by atoms with E-state index in [9.17, 15) is 9.90 Å². The van der Waals surface area contributed by atoms with Gasteiger partial charge < -0.3 is 14.9 Å². The zero-order valence-corrected chi connectivity index (χ0v) is 16.2. The number of aliphatic hydroxyl groups is 1. The van der Waals surface area contributed by atoms with Gasteiger partial charge in [-0.3, -0.25) is 4.79 Å². The van der Waals surface area contributed by atoms with Crippen LogP contribution in [0.2, 0.25) is 0 Å². The van der Waals surface area contributed by atoms with Crippen molar-refractivity contribution >= 4 is 35.1 Å². The van der Waals surface area contributed by atoms with Crippen LogP contribution in [0.3, 0.4) is 0 Å². The predicted molar refractivity (Wildman–Crippen MR) is 105 cm³/mol. The second-order valence-corrected chi connectivity index (χ2v) is 9.60. The number of thioether (sulfide) groups is 2. The maximum atomic E-state index is 12.4. The number of carbonyl (C=O) groups excluding carboxylic acids is 1. The fraction of sp³-hybridized carbons (Fsp3) is 0.526. The van der Waals surface area contributed by atoms with Gasteiger partial charge in [-0.05, 0) is 31.9 Å². The molecule has 1 N–H and O–H groups in total. The fourth-order valence-corrected chi connectivity index (χ4v) is 7.11. The van der Waals surface area contributed by atoms with E-state index in [4.69, 9.17) is 0 Å². The van der Waals surface area contributed by atoms with Gasteiger partial charge in [-0.15, -0.1) is 11.8 Å². The van der Waals surface area contributed by atoms with E-state index in [0.717, 1.165) is 25.2 Å². The Kier molecular flexibility index (Phi) is 4.77. The first kappa shape index (κ1) is 17.3. The summed E-state index contributed by atoms with van der Waals surface area (Å²) in [6, 6.07) is 10.6. The molecule has 2 fully saturated rings. The van der Waals surface area contributed by atoms with E-state index in [-0.39, 0.29) is 17.2 Å². The normalized spacial score (nSPS) is 29.9. The number of nitrogens with zero attached hydrogens (tertiary/aromatic N) is 2. The molecule has 0 aromatic heterocycles. The number of allylic oxidation sites excluding steroid dienone is 1. The van der Waals surface area contributed by atoms with Gasteiger partial charge >= 0.3 is 0 Å². The molecule has 3 aliphatic heterocycles. The topological polar surface area (TPSA) is 43.8 Å². The summed E-state index contributed by atoms with van der Waals surface area (Å²) in [6.45, 7) is 6.12. The molecule has 4 rings (SSSR count). The van der Waals surface area contributed by atoms with Crippen LogP contribution in [0.5, 0.6) is 0 Å². The molecule has 134 valence electrons. The van der Waals surface area contributed by atoms with Crippen LogP contribution in [0, 0.1) is 5.92 Å². The van der Waals surface area contributed by atoms with Crippen LogP contribution in [0.1, 0.15) is 26.7 Å². The highest BCUT2D eigenvalue weighted by Gasteiger charge is 2.55. The first-order chi connectivity index (χ1) is 12.1. The van der Waals surface area contributed by atoms with Crippen molar-refractivity contribution in [2.45, 2.75) is 43.4 Å². The fourth-order valence-electron chi connectivity index (χ4n) is 3.83. The number of rotatable bonds is 5. The minimum Gasteiger partial charge on any atom is -0.392 e. The molecule has 25 heavy (non-hydrogen) atoms. The van der Waals surface area contributed by atoms with Crippen molar-refractivity contribution in [3.8, 4) is 0 Å². The van der Waals surface area contributed by atoms with Crippen LogP contribution in [0.15, 0.2) is 40.3 Å². The molecule has 4 atom stereocenters. The van der Waals surface area contributed by atoms with Gasteiger partial charge in [0, 0.05) is 29.7 Å². The molecule has 0 unspecified atom stereocenters. The molecule has 0 bridgehead atoms. The van der Waals surface area contributed by atoms with Gasteiger partial charge in [0.25, 0.3) is 0 Å². The molecule has 0 radical (unpaired) electrons. The highest BCUT2D eigenvalue weighted by atomic mass is 32.2. The number of benzene rings is 1. The Morgan fingerprint density at radius 1 is 1.36 bits per heavy atom. The van der Waals surface area contributed by atoms with Crippen molar-refractivity contribution in [3.05, 3.63) is 40.3 Å². The van der Waals surface area contributed by atoms with E-state index in [0.29, 0.717) is 11.7 Å². The van der Waals surface area contributed by atoms with E-state index in [1.807, 2.05) is 30.5 Å². The molecule has 3 aliphatic rings. The quantitative estimate of drug-likeness (QED) is 0.797. The zero-order chi connectivity index (χ0) is 17.6. The number of hydrogen-bond acceptors (Lipinski definition) is 5. The molecule has 0 aliphatic carbocycles. The van der Waals surface area contributed by atoms with Crippen molar-refractivity contribution in [3.63, 3.8) is 0 Å². The highest BCUT2D eigenvalue weighted by Crippen LogP contribution is 2.55. The molecule has 0 spiro atoms. The second-order valence-electron chi connectivity index (χ2n) is 6.90. The summed E-state index contributed by atoms with van der Waals surface area (Å²) in [7, 11) is 0. The Bertz CT molecular complexity index is 694. The van der Waals surface area contributed by atoms with Crippen LogP contribution in [-0.4, -0.2) is 45.7 Å². The summed E-state index contributed by atoms with van der Waals surface area (Å²) in [5.41, 5.74) is 2.38. The van der Waals surface area contributed by atoms with Gasteiger partial charge in [0.1, 0.15) is 5.37 Å². The van der Waals surface area contributed by atoms with Crippen LogP contribution in [0.25, 0.3) is 0 Å². The van der Waals surface area contributed by atoms with Crippen LogP contribution in [-0.2, 0) is 4.79 Å². The molecular formula is C19H24N2O2S2. The molecule has 2 saturated heterocycles. The third-order valence-electron chi connectivity index (χ3n) is 5.34. The Balaban J connectivity index is 1.39. The standard InChI is InChI=1S/C19H24N2O2S2/c1-3-15(22)16-17(23)21-12(2)19(25-18(16)21)24-14-9-10-20(11-14)13-7-5-4-6-8-13/h4-8,14-16,18,22H,3,9-11H2,1-2H3/t14-,15-,16+,18+/m0/s1. The summed E-state index contributed by atoms with van der Waals surface area (Å²) in [5.74, 6) is -0.135. The monoisotopic (exact) mass is 376 g/mol. The largest absolute Gasteiger partial charge is 0.392 e. The lowest BCUT2D eigenvalue weighted by Crippen LogP contribution is -2.60. The van der Waals surface area contributed by atoms with Crippen molar-refractivity contribution in [2.75, 3.05) is 18.0 Å². The summed E-state index contributed by atoms with van der Waals surface area (Å²) in [4.78, 5) is 16.7. The van der Waals surface area contributed by atoms with Crippen LogP contribution in [0.4, 0.5) is 5.69 Å². The number of anilines is 1. The number of aliphatic hydroxyl groups excluding tert-OH is 1. The first-order valence-electron chi connectivity index (χ1n) is 8.95. The lowest BCUT2D eigenvalue weighted by atomic mass is 9.90. The number of fused-ring (bicyclic) bond motifs is 1. The van der Waals surface area contributed by atoms with E-state index >= 15 is 0 Å². The Morgan fingerprint density at radius 3 is 2.84 bits per heavy atom. The van der Waals surface area contributed by atoms with Crippen molar-refractivity contribution in [2.24, 2.45) is 5.92 Å². The van der Waals surface area contributed by atoms with Gasteiger partial charge in [0.05, 0.1) is 16.3 Å². The van der Waals surface area contributed by atoms with Gasteiger partial charge in [-0.2, -0.15) is 0 Å². The van der Waals surface area contributed by atoms with E-state index in [1.165, 1.54) is 9.92 Å². The molecule has 1 aromatic carbocycles. The number of carbonyl (C=O) groups is 1. The summed E-state index contributed by atoms with van der Waals surface area (Å²) >= 11 is 3.69. The van der Waals surface area contributed by atoms with Crippen LogP contribution >= 0.6 is 23.5 Å². The van der Waals surface area contributed by atoms with Gasteiger partial charge in [-0.25, -0.2) is 0 Å². The van der Waals surface area contributed by atoms with Crippen molar-refractivity contribution < 1.29 is 9.90 Å². The Hall–Kier alpha value is -1.11. The van der Waals surface area contributed by atoms with E-state index in [2.05, 4.69) is 35.2 Å². The maximum Gasteiger partial charge on any atom is 0.236 e. The SMILES string of the molecule is CC[C@H](O)[C@@H]1C(=O)N2C(C)=C(S[C@H]3CCN(c4ccccc4)C3)S[C@H]12. The summed E-state index contributed by atoms with van der Waals surface area (Å²) in [5, 5.41) is 10.8. The molecule has 4 nitrogen and oxygen atoms in total. The highest BCUT2D eigenvalue weighted by molar-refractivity contribution is 8.23. The molecule has 0 saturated carbocycles. The lowest BCUT2D eigenvalue weighted by Gasteiger charge is -2.44. The lowest BCUT2D eigenvalue weighted by molar-refractivity contribution is -0.153. The molecule has 3 heterocycles. The van der Waals surface area contributed by atoms with Gasteiger partial charge in [0.2, 0.25) is 5.91 Å². The maximum absolute atomic E-state index is 12.4. The Morgan fingerprint density at radius 2 is 2.12 bits per heavy atom. The van der Waals surface area contributed by atoms with Crippen molar-refractivity contribution in [1.29, 1.82) is 0 Å². The Labute approximate surface area is 157 Å². The van der Waals surface area contributed by atoms with E-state index < -0.39 is 6.10 Å². The number of amides is 1. The third kappa shape index (κ3) is 2.98. The van der Waals surface area contributed by atoms with Crippen molar-refractivity contribution in [1.82, 2.24) is 4.90 Å². The van der Waals surface area contributed by atoms with Crippen LogP contribution < -0.4 is 4.90 Å². The number of β-lactam (4-membered cyclic amide) rings is 1. The minimum absolute atomic E-state index is 0.0947. The average molecular weight is 377 g/mol. The molecule has 1 aromatic rings. The van der Waals surface area contributed by atoms with E-state index in [1.54, 1.807) is 11.8 Å². The third-order valence-corrected chi connectivity index (χ3v) is 8.40. The van der Waals surface area contributed by atoms with Gasteiger partial charge in [-0.1, -0.05) is 36.9 Å². The summed E-state index contributed by atoms with van der Waals surface area (Å²) < 4.78 is 1.27. The minimum atomic E-state index is -0.515. The smallest absolute Gasteiger partial charge is 0.236 e.